The standard InChI is InChI=1S/C17H21NO3/c1-16(20)6-8-18(11-16)15(19)13-10-17(13)7-9-21-14-5-3-2-4-12(14)17/h2-5,13,20H,6-11H2,1H3/t13-,16?,17-/m0/s1. The molecule has 1 N–H and O–H groups in total. The number of hydrogen-bond acceptors (Lipinski definition) is 3. The summed E-state index contributed by atoms with van der Waals surface area (Å²) in [5.74, 6) is 1.22. The monoisotopic (exact) mass is 287 g/mol. The average molecular weight is 287 g/mol. The van der Waals surface area contributed by atoms with Crippen molar-refractivity contribution in [3.63, 3.8) is 0 Å². The average Bonchev–Trinajstić information content (AvgIpc) is 3.06. The highest BCUT2D eigenvalue weighted by molar-refractivity contribution is 5.85. The van der Waals surface area contributed by atoms with Crippen molar-refractivity contribution in [2.75, 3.05) is 19.7 Å². The van der Waals surface area contributed by atoms with Crippen molar-refractivity contribution in [1.82, 2.24) is 4.90 Å². The maximum Gasteiger partial charge on any atom is 0.226 e. The second-order valence-corrected chi connectivity index (χ2v) is 7.01. The molecule has 1 saturated carbocycles. The summed E-state index contributed by atoms with van der Waals surface area (Å²) in [6.45, 7) is 3.65. The number of ether oxygens (including phenoxy) is 1. The van der Waals surface area contributed by atoms with Crippen molar-refractivity contribution in [1.29, 1.82) is 0 Å². The number of amides is 1. The van der Waals surface area contributed by atoms with Gasteiger partial charge < -0.3 is 14.7 Å². The van der Waals surface area contributed by atoms with Crippen LogP contribution in [0, 0.1) is 5.92 Å². The molecule has 21 heavy (non-hydrogen) atoms. The molecule has 1 spiro atoms. The van der Waals surface area contributed by atoms with Gasteiger partial charge in [0, 0.05) is 30.0 Å². The first-order valence-electron chi connectivity index (χ1n) is 7.75. The highest BCUT2D eigenvalue weighted by Crippen LogP contribution is 2.61. The molecule has 4 rings (SSSR count). The fourth-order valence-corrected chi connectivity index (χ4v) is 4.04. The van der Waals surface area contributed by atoms with Crippen LogP contribution in [-0.2, 0) is 10.2 Å². The lowest BCUT2D eigenvalue weighted by molar-refractivity contribution is -0.133. The van der Waals surface area contributed by atoms with E-state index in [0.29, 0.717) is 26.1 Å². The van der Waals surface area contributed by atoms with E-state index in [1.807, 2.05) is 30.0 Å². The summed E-state index contributed by atoms with van der Waals surface area (Å²) in [6.07, 6.45) is 2.52. The summed E-state index contributed by atoms with van der Waals surface area (Å²) in [6, 6.07) is 8.10. The quantitative estimate of drug-likeness (QED) is 0.855. The number of nitrogens with zero attached hydrogens (tertiary/aromatic N) is 1. The number of benzene rings is 1. The molecular weight excluding hydrogens is 266 g/mol. The third-order valence-electron chi connectivity index (χ3n) is 5.37. The van der Waals surface area contributed by atoms with Crippen molar-refractivity contribution in [2.45, 2.75) is 37.2 Å². The maximum atomic E-state index is 12.8. The van der Waals surface area contributed by atoms with Crippen LogP contribution in [0.5, 0.6) is 5.75 Å². The SMILES string of the molecule is CC1(O)CCN(C(=O)[C@@H]2C[C@]23CCOc2ccccc23)C1. The molecule has 4 nitrogen and oxygen atoms in total. The van der Waals surface area contributed by atoms with Gasteiger partial charge in [0.2, 0.25) is 5.91 Å². The summed E-state index contributed by atoms with van der Waals surface area (Å²) >= 11 is 0. The molecule has 4 heteroatoms. The Bertz CT molecular complexity index is 597. The second kappa shape index (κ2) is 4.23. The van der Waals surface area contributed by atoms with Gasteiger partial charge in [-0.25, -0.2) is 0 Å². The van der Waals surface area contributed by atoms with Gasteiger partial charge >= 0.3 is 0 Å². The summed E-state index contributed by atoms with van der Waals surface area (Å²) in [4.78, 5) is 14.6. The van der Waals surface area contributed by atoms with Gasteiger partial charge in [-0.2, -0.15) is 0 Å². The molecule has 3 aliphatic rings. The van der Waals surface area contributed by atoms with E-state index in [1.54, 1.807) is 0 Å². The molecular formula is C17H21NO3. The minimum Gasteiger partial charge on any atom is -0.493 e. The van der Waals surface area contributed by atoms with Gasteiger partial charge in [-0.1, -0.05) is 18.2 Å². The maximum absolute atomic E-state index is 12.8. The van der Waals surface area contributed by atoms with Gasteiger partial charge in [0.1, 0.15) is 5.75 Å². The van der Waals surface area contributed by atoms with Crippen LogP contribution >= 0.6 is 0 Å². The Labute approximate surface area is 124 Å². The number of fused-ring (bicyclic) bond motifs is 2. The lowest BCUT2D eigenvalue weighted by Gasteiger charge is -2.28. The summed E-state index contributed by atoms with van der Waals surface area (Å²) in [7, 11) is 0. The van der Waals surface area contributed by atoms with E-state index in [4.69, 9.17) is 4.74 Å². The largest absolute Gasteiger partial charge is 0.493 e. The molecule has 1 saturated heterocycles. The predicted octanol–water partition coefficient (Wildman–Crippen LogP) is 1.71. The first-order valence-corrected chi connectivity index (χ1v) is 7.75. The van der Waals surface area contributed by atoms with E-state index in [9.17, 15) is 9.90 Å². The van der Waals surface area contributed by atoms with Gasteiger partial charge in [0.25, 0.3) is 0 Å². The van der Waals surface area contributed by atoms with E-state index in [1.165, 1.54) is 5.56 Å². The van der Waals surface area contributed by atoms with Gasteiger partial charge in [-0.3, -0.25) is 4.79 Å². The fourth-order valence-electron chi connectivity index (χ4n) is 4.04. The Morgan fingerprint density at radius 2 is 2.19 bits per heavy atom. The third kappa shape index (κ3) is 1.96. The normalized spacial score (nSPS) is 37.2. The fraction of sp³-hybridized carbons (Fsp3) is 0.588. The van der Waals surface area contributed by atoms with Gasteiger partial charge in [-0.15, -0.1) is 0 Å². The number of rotatable bonds is 1. The van der Waals surface area contributed by atoms with Crippen molar-refractivity contribution in [3.05, 3.63) is 29.8 Å². The Morgan fingerprint density at radius 3 is 2.95 bits per heavy atom. The topological polar surface area (TPSA) is 49.8 Å². The minimum absolute atomic E-state index is 0.0135. The molecule has 1 aromatic carbocycles. The molecule has 2 fully saturated rings. The Balaban J connectivity index is 1.57. The zero-order chi connectivity index (χ0) is 14.7. The van der Waals surface area contributed by atoms with Crippen LogP contribution in [0.15, 0.2) is 24.3 Å². The first kappa shape index (κ1) is 13.1. The lowest BCUT2D eigenvalue weighted by atomic mass is 9.87. The highest BCUT2D eigenvalue weighted by Gasteiger charge is 2.62. The van der Waals surface area contributed by atoms with Crippen LogP contribution in [0.3, 0.4) is 0 Å². The zero-order valence-corrected chi connectivity index (χ0v) is 12.3. The first-order chi connectivity index (χ1) is 10.0. The summed E-state index contributed by atoms with van der Waals surface area (Å²) in [5.41, 5.74) is 0.464. The molecule has 112 valence electrons. The molecule has 0 aromatic heterocycles. The smallest absolute Gasteiger partial charge is 0.226 e. The number of β-amino-alcohol motifs (C(OH)–C–C–N with tert-alkyl or cyclic N) is 1. The number of carbonyl (C=O) groups is 1. The van der Waals surface area contributed by atoms with E-state index in [-0.39, 0.29) is 17.2 Å². The molecule has 3 atom stereocenters. The van der Waals surface area contributed by atoms with Gasteiger partial charge in [0.05, 0.1) is 12.2 Å². The highest BCUT2D eigenvalue weighted by atomic mass is 16.5. The number of likely N-dealkylation sites (tertiary alicyclic amines) is 1. The van der Waals surface area contributed by atoms with E-state index < -0.39 is 5.60 Å². The Kier molecular flexibility index (Phi) is 2.65. The van der Waals surface area contributed by atoms with E-state index >= 15 is 0 Å². The molecule has 0 bridgehead atoms. The second-order valence-electron chi connectivity index (χ2n) is 7.01. The van der Waals surface area contributed by atoms with Crippen LogP contribution in [0.25, 0.3) is 0 Å². The van der Waals surface area contributed by atoms with Crippen molar-refractivity contribution in [3.8, 4) is 5.75 Å². The number of hydrogen-bond donors (Lipinski definition) is 1. The summed E-state index contributed by atoms with van der Waals surface area (Å²) < 4.78 is 5.72. The molecule has 1 amide bonds. The Morgan fingerprint density at radius 1 is 1.38 bits per heavy atom. The van der Waals surface area contributed by atoms with Crippen LogP contribution in [0.1, 0.15) is 31.7 Å². The molecule has 2 heterocycles. The van der Waals surface area contributed by atoms with Crippen molar-refractivity contribution >= 4 is 5.91 Å². The number of aliphatic hydroxyl groups is 1. The van der Waals surface area contributed by atoms with Crippen LogP contribution < -0.4 is 4.74 Å². The third-order valence-corrected chi connectivity index (χ3v) is 5.37. The summed E-state index contributed by atoms with van der Waals surface area (Å²) in [5, 5.41) is 10.1. The van der Waals surface area contributed by atoms with Crippen LogP contribution in [0.2, 0.25) is 0 Å². The van der Waals surface area contributed by atoms with Crippen molar-refractivity contribution in [2.24, 2.45) is 5.92 Å². The van der Waals surface area contributed by atoms with E-state index in [2.05, 4.69) is 6.07 Å². The van der Waals surface area contributed by atoms with Gasteiger partial charge in [0.15, 0.2) is 0 Å². The van der Waals surface area contributed by atoms with Crippen molar-refractivity contribution < 1.29 is 14.6 Å². The molecule has 1 aliphatic carbocycles. The van der Waals surface area contributed by atoms with Gasteiger partial charge in [-0.05, 0) is 32.3 Å². The number of carbonyl (C=O) groups excluding carboxylic acids is 1. The predicted molar refractivity (Wildman–Crippen MR) is 78.2 cm³/mol. The number of para-hydroxylation sites is 1. The Hall–Kier alpha value is -1.55. The molecule has 1 unspecified atom stereocenters. The van der Waals surface area contributed by atoms with Crippen LogP contribution in [-0.4, -0.2) is 41.2 Å². The minimum atomic E-state index is -0.717. The van der Waals surface area contributed by atoms with E-state index in [0.717, 1.165) is 18.6 Å². The molecule has 2 aliphatic heterocycles. The van der Waals surface area contributed by atoms with Crippen LogP contribution in [0.4, 0.5) is 0 Å². The lowest BCUT2D eigenvalue weighted by Crippen LogP contribution is -2.37. The molecule has 0 radical (unpaired) electrons. The zero-order valence-electron chi connectivity index (χ0n) is 12.3. The molecule has 1 aromatic rings.